The second kappa shape index (κ2) is 10.9. The number of carbonyl (C=O) groups is 1. The number of nitro groups is 1. The van der Waals surface area contributed by atoms with Crippen molar-refractivity contribution in [2.24, 2.45) is 0 Å². The normalized spacial score (nSPS) is 11.3. The monoisotopic (exact) mass is 464 g/mol. The second-order valence-electron chi connectivity index (χ2n) is 6.65. The minimum absolute atomic E-state index is 0.00780. The van der Waals surface area contributed by atoms with E-state index in [-0.39, 0.29) is 27.6 Å². The van der Waals surface area contributed by atoms with Crippen molar-refractivity contribution in [3.05, 3.63) is 52.1 Å². The van der Waals surface area contributed by atoms with Crippen LogP contribution in [-0.4, -0.2) is 49.8 Å². The standard InChI is InChI=1S/C21H28N4O6S/c1-5-22-17-11-9-15(13-19(17)25(27)28)21(26)23-18-14-16(10-12-20(18)31-8-4)32(29,30)24(6-2)7-3/h9-14,22H,5-8H2,1-4H3,(H,23,26). The van der Waals surface area contributed by atoms with Crippen LogP contribution in [0.15, 0.2) is 41.3 Å². The first-order valence-electron chi connectivity index (χ1n) is 10.3. The van der Waals surface area contributed by atoms with E-state index < -0.39 is 20.9 Å². The number of hydrogen-bond acceptors (Lipinski definition) is 7. The molecule has 0 aliphatic heterocycles. The van der Waals surface area contributed by atoms with Crippen molar-refractivity contribution < 1.29 is 22.9 Å². The first-order chi connectivity index (χ1) is 15.2. The number of rotatable bonds is 11. The van der Waals surface area contributed by atoms with Crippen LogP contribution in [0.5, 0.6) is 5.75 Å². The molecule has 0 spiro atoms. The topological polar surface area (TPSA) is 131 Å². The van der Waals surface area contributed by atoms with Gasteiger partial charge in [0.25, 0.3) is 11.6 Å². The minimum Gasteiger partial charge on any atom is -0.492 e. The SMILES string of the molecule is CCNc1ccc(C(=O)Nc2cc(S(=O)(=O)N(CC)CC)ccc2OCC)cc1[N+](=O)[O-]. The molecule has 2 aromatic carbocycles. The smallest absolute Gasteiger partial charge is 0.293 e. The first-order valence-corrected chi connectivity index (χ1v) is 11.7. The van der Waals surface area contributed by atoms with Crippen molar-refractivity contribution in [1.82, 2.24) is 4.31 Å². The number of amides is 1. The largest absolute Gasteiger partial charge is 0.492 e. The Hall–Kier alpha value is -3.18. The molecule has 0 radical (unpaired) electrons. The Morgan fingerprint density at radius 1 is 1.06 bits per heavy atom. The van der Waals surface area contributed by atoms with Gasteiger partial charge in [-0.15, -0.1) is 0 Å². The predicted molar refractivity (Wildman–Crippen MR) is 123 cm³/mol. The summed E-state index contributed by atoms with van der Waals surface area (Å²) in [5.74, 6) is -0.340. The molecule has 32 heavy (non-hydrogen) atoms. The lowest BCUT2D eigenvalue weighted by atomic mass is 10.1. The summed E-state index contributed by atoms with van der Waals surface area (Å²) in [5.41, 5.74) is 0.278. The van der Waals surface area contributed by atoms with E-state index in [0.29, 0.717) is 31.9 Å². The second-order valence-corrected chi connectivity index (χ2v) is 8.59. The summed E-state index contributed by atoms with van der Waals surface area (Å²) in [4.78, 5) is 23.7. The molecule has 0 aliphatic carbocycles. The van der Waals surface area contributed by atoms with Crippen LogP contribution in [0.2, 0.25) is 0 Å². The fourth-order valence-electron chi connectivity index (χ4n) is 3.12. The van der Waals surface area contributed by atoms with Gasteiger partial charge in [-0.3, -0.25) is 14.9 Å². The molecular weight excluding hydrogens is 436 g/mol. The third-order valence-electron chi connectivity index (χ3n) is 4.67. The molecule has 2 N–H and O–H groups in total. The number of ether oxygens (including phenoxy) is 1. The third-order valence-corrected chi connectivity index (χ3v) is 6.71. The van der Waals surface area contributed by atoms with Crippen molar-refractivity contribution in [2.75, 3.05) is 36.9 Å². The Labute approximate surface area is 187 Å². The quantitative estimate of drug-likeness (QED) is 0.383. The number of sulfonamides is 1. The zero-order valence-corrected chi connectivity index (χ0v) is 19.4. The number of nitrogens with one attached hydrogen (secondary N) is 2. The molecule has 0 fully saturated rings. The van der Waals surface area contributed by atoms with Crippen LogP contribution in [-0.2, 0) is 10.0 Å². The number of benzene rings is 2. The summed E-state index contributed by atoms with van der Waals surface area (Å²) in [6, 6.07) is 8.32. The van der Waals surface area contributed by atoms with E-state index in [1.54, 1.807) is 27.7 Å². The molecule has 174 valence electrons. The number of anilines is 2. The van der Waals surface area contributed by atoms with Crippen LogP contribution in [0, 0.1) is 10.1 Å². The summed E-state index contributed by atoms with van der Waals surface area (Å²) in [6.07, 6.45) is 0. The third kappa shape index (κ3) is 5.54. The van der Waals surface area contributed by atoms with E-state index in [4.69, 9.17) is 4.74 Å². The van der Waals surface area contributed by atoms with Crippen LogP contribution < -0.4 is 15.4 Å². The van der Waals surface area contributed by atoms with E-state index in [2.05, 4.69) is 10.6 Å². The summed E-state index contributed by atoms with van der Waals surface area (Å²) in [7, 11) is -3.76. The Kier molecular flexibility index (Phi) is 8.56. The molecule has 10 nitrogen and oxygen atoms in total. The molecule has 11 heteroatoms. The maximum absolute atomic E-state index is 12.9. The maximum Gasteiger partial charge on any atom is 0.293 e. The molecule has 0 heterocycles. The van der Waals surface area contributed by atoms with Gasteiger partial charge in [-0.2, -0.15) is 4.31 Å². The van der Waals surface area contributed by atoms with Gasteiger partial charge in [-0.05, 0) is 44.2 Å². The van der Waals surface area contributed by atoms with Gasteiger partial charge in [0, 0.05) is 31.3 Å². The van der Waals surface area contributed by atoms with E-state index in [1.807, 2.05) is 0 Å². The molecule has 0 atom stereocenters. The minimum atomic E-state index is -3.76. The zero-order chi connectivity index (χ0) is 23.9. The van der Waals surface area contributed by atoms with Crippen molar-refractivity contribution in [3.63, 3.8) is 0 Å². The van der Waals surface area contributed by atoms with E-state index in [1.165, 1.54) is 40.7 Å². The van der Waals surface area contributed by atoms with Gasteiger partial charge in [0.2, 0.25) is 10.0 Å². The molecule has 2 rings (SSSR count). The van der Waals surface area contributed by atoms with Crippen LogP contribution in [0.1, 0.15) is 38.1 Å². The Bertz CT molecular complexity index is 1080. The maximum atomic E-state index is 12.9. The fourth-order valence-corrected chi connectivity index (χ4v) is 4.60. The number of hydrogen-bond donors (Lipinski definition) is 2. The fraction of sp³-hybridized carbons (Fsp3) is 0.381. The van der Waals surface area contributed by atoms with E-state index in [0.717, 1.165) is 0 Å². The summed E-state index contributed by atoms with van der Waals surface area (Å²) in [6.45, 7) is 8.43. The molecule has 0 saturated heterocycles. The van der Waals surface area contributed by atoms with Gasteiger partial charge in [-0.1, -0.05) is 13.8 Å². The average molecular weight is 465 g/mol. The lowest BCUT2D eigenvalue weighted by Crippen LogP contribution is -2.30. The first kappa shape index (κ1) is 25.1. The van der Waals surface area contributed by atoms with Crippen LogP contribution in [0.25, 0.3) is 0 Å². The molecule has 0 aliphatic rings. The lowest BCUT2D eigenvalue weighted by molar-refractivity contribution is -0.384. The van der Waals surface area contributed by atoms with E-state index >= 15 is 0 Å². The number of nitro benzene ring substituents is 1. The van der Waals surface area contributed by atoms with Gasteiger partial charge in [0.15, 0.2) is 0 Å². The molecular formula is C21H28N4O6S. The van der Waals surface area contributed by atoms with Gasteiger partial charge in [-0.25, -0.2) is 8.42 Å². The molecule has 1 amide bonds. The van der Waals surface area contributed by atoms with Crippen LogP contribution in [0.3, 0.4) is 0 Å². The average Bonchev–Trinajstić information content (AvgIpc) is 2.76. The molecule has 2 aromatic rings. The zero-order valence-electron chi connectivity index (χ0n) is 18.5. The summed E-state index contributed by atoms with van der Waals surface area (Å²) in [5, 5.41) is 16.9. The highest BCUT2D eigenvalue weighted by atomic mass is 32.2. The van der Waals surface area contributed by atoms with Gasteiger partial charge in [0.1, 0.15) is 11.4 Å². The molecule has 0 aromatic heterocycles. The number of nitrogens with zero attached hydrogens (tertiary/aromatic N) is 2. The Balaban J connectivity index is 2.45. The highest BCUT2D eigenvalue weighted by Gasteiger charge is 2.24. The van der Waals surface area contributed by atoms with Crippen molar-refractivity contribution in [1.29, 1.82) is 0 Å². The van der Waals surface area contributed by atoms with Crippen molar-refractivity contribution in [2.45, 2.75) is 32.6 Å². The van der Waals surface area contributed by atoms with Crippen LogP contribution >= 0.6 is 0 Å². The van der Waals surface area contributed by atoms with E-state index in [9.17, 15) is 23.3 Å². The highest BCUT2D eigenvalue weighted by molar-refractivity contribution is 7.89. The van der Waals surface area contributed by atoms with Gasteiger partial charge in [0.05, 0.1) is 22.1 Å². The van der Waals surface area contributed by atoms with Crippen molar-refractivity contribution >= 4 is 33.0 Å². The highest BCUT2D eigenvalue weighted by Crippen LogP contribution is 2.31. The summed E-state index contributed by atoms with van der Waals surface area (Å²) >= 11 is 0. The Morgan fingerprint density at radius 2 is 1.75 bits per heavy atom. The molecule has 0 bridgehead atoms. The van der Waals surface area contributed by atoms with Gasteiger partial charge < -0.3 is 15.4 Å². The Morgan fingerprint density at radius 3 is 2.31 bits per heavy atom. The molecule has 0 saturated carbocycles. The molecule has 0 unspecified atom stereocenters. The lowest BCUT2D eigenvalue weighted by Gasteiger charge is -2.20. The predicted octanol–water partition coefficient (Wildman–Crippen LogP) is 3.71. The number of carbonyl (C=O) groups excluding carboxylic acids is 1. The summed E-state index contributed by atoms with van der Waals surface area (Å²) < 4.78 is 32.6. The van der Waals surface area contributed by atoms with Crippen LogP contribution in [0.4, 0.5) is 17.1 Å². The van der Waals surface area contributed by atoms with Crippen molar-refractivity contribution in [3.8, 4) is 5.75 Å². The van der Waals surface area contributed by atoms with Gasteiger partial charge >= 0.3 is 0 Å².